The van der Waals surface area contributed by atoms with Crippen LogP contribution in [0.2, 0.25) is 0 Å². The molecule has 0 aromatic heterocycles. The van der Waals surface area contributed by atoms with Gasteiger partial charge >= 0.3 is 0 Å². The number of nitrogens with one attached hydrogen (secondary N) is 1. The van der Waals surface area contributed by atoms with Crippen LogP contribution in [0.15, 0.2) is 170 Å². The van der Waals surface area contributed by atoms with Crippen molar-refractivity contribution in [2.75, 3.05) is 160 Å². The van der Waals surface area contributed by atoms with E-state index in [0.29, 0.717) is 86.3 Å². The molecule has 0 radical (unpaired) electrons. The van der Waals surface area contributed by atoms with Gasteiger partial charge in [0.2, 0.25) is 0 Å². The van der Waals surface area contributed by atoms with Crippen molar-refractivity contribution in [3.05, 3.63) is 248 Å². The van der Waals surface area contributed by atoms with Crippen molar-refractivity contribution >= 4 is 40.5 Å². The van der Waals surface area contributed by atoms with Crippen molar-refractivity contribution in [2.24, 2.45) is 0 Å². The molecule has 7 aliphatic carbocycles. The molecule has 10 aliphatic rings. The number of ketones is 7. The molecule has 0 amide bonds. The second-order valence-corrected chi connectivity index (χ2v) is 40.9. The molecule has 7 aromatic carbocycles. The summed E-state index contributed by atoms with van der Waals surface area (Å²) >= 11 is 0. The monoisotopic (exact) mass is 1780 g/mol. The van der Waals surface area contributed by atoms with E-state index >= 15 is 0 Å². The lowest BCUT2D eigenvalue weighted by Gasteiger charge is -2.42. The summed E-state index contributed by atoms with van der Waals surface area (Å²) in [5, 5.41) is 3.00. The van der Waals surface area contributed by atoms with Gasteiger partial charge in [-0.2, -0.15) is 0 Å². The van der Waals surface area contributed by atoms with Gasteiger partial charge < -0.3 is 24.6 Å². The summed E-state index contributed by atoms with van der Waals surface area (Å²) in [5.74, 6) is 2.77. The number of Topliss-reactive ketones (excluding diaryl/α,β-unsaturated/α-hetero) is 7. The standard InChI is InChI=1S/C18H25NO2.C17H23NO2.C17H23NO.C17H25NO.C16H23NO.2C15H21NO/c1-15-4-6-16(7-5-15)18(8-2-3-9-18)17(20)14-19-10-12-21-13-11-19;1-14-3-5-15(6-4-14)17(7-2-8-17)16(19)13-18-9-11-20-12-10-18;1-14-5-7-15(8-6-14)17(9-4-10-17)16(19)13-18-11-2-3-12-18;1-4-18(5-2)13-16(19)17(11-6-12-17)15-9-7-14(3)8-10-15;1-13-6-8-14(9-7-13)16(10-4-5-11-16)15(18)12-17(2)3;1-12-5-7-13(8-6-12)15(9-4-10-15)14(17)11-16(2)3;1-12-5-7-13(8-6-12)15(9-3-4-10-15)14(17)11-16-2/h4-7H,2-3,8-14H2,1H3;3-6H,2,7-13H2,1H3;5-8H,2-4,9-13H2,1H3;7-10H,4-6,11-13H2,1-3H3;6-9H,4-5,10-12H2,1-3H3;5-8H,4,9-11H2,1-3H3;5-8,16H,3-4,9-11H2,1-2H3. The van der Waals surface area contributed by atoms with Crippen LogP contribution in [0.3, 0.4) is 0 Å². The maximum absolute atomic E-state index is 13.0. The normalized spacial score (nSPS) is 19.9. The van der Waals surface area contributed by atoms with Crippen molar-refractivity contribution in [1.82, 2.24) is 34.7 Å². The highest BCUT2D eigenvalue weighted by Gasteiger charge is 2.51. The minimum Gasteiger partial charge on any atom is -0.379 e. The van der Waals surface area contributed by atoms with E-state index in [2.05, 4.69) is 257 Å². The highest BCUT2D eigenvalue weighted by molar-refractivity contribution is 5.96. The summed E-state index contributed by atoms with van der Waals surface area (Å²) < 4.78 is 10.7. The third kappa shape index (κ3) is 26.1. The molecule has 0 bridgehead atoms. The molecular weight excluding hydrogens is 1620 g/mol. The van der Waals surface area contributed by atoms with Crippen LogP contribution in [-0.2, 0) is 80.9 Å². The first kappa shape index (κ1) is 103. The Bertz CT molecular complexity index is 4650. The number of rotatable bonds is 30. The van der Waals surface area contributed by atoms with Crippen LogP contribution in [0.4, 0.5) is 0 Å². The molecule has 0 atom stereocenters. The van der Waals surface area contributed by atoms with Crippen molar-refractivity contribution in [3.63, 3.8) is 0 Å². The topological polar surface area (TPSA) is 169 Å². The number of morpholine rings is 2. The maximum Gasteiger partial charge on any atom is 0.157 e. The Morgan fingerprint density at radius 2 is 0.458 bits per heavy atom. The molecule has 0 unspecified atom stereocenters. The third-order valence-electron chi connectivity index (χ3n) is 31.2. The molecule has 3 heterocycles. The number of ether oxygens (including phenoxy) is 2. The molecule has 131 heavy (non-hydrogen) atoms. The van der Waals surface area contributed by atoms with Crippen LogP contribution >= 0.6 is 0 Å². The average Bonchev–Trinajstić information content (AvgIpc) is 1.76. The van der Waals surface area contributed by atoms with Crippen molar-refractivity contribution in [1.29, 1.82) is 0 Å². The van der Waals surface area contributed by atoms with Crippen LogP contribution in [0.1, 0.15) is 259 Å². The number of hydrogen-bond acceptors (Lipinski definition) is 16. The van der Waals surface area contributed by atoms with Crippen molar-refractivity contribution in [2.45, 2.75) is 267 Å². The summed E-state index contributed by atoms with van der Waals surface area (Å²) in [7, 11) is 9.69. The number of carbonyl (C=O) groups is 7. The van der Waals surface area contributed by atoms with E-state index in [4.69, 9.17) is 9.47 Å². The lowest BCUT2D eigenvalue weighted by Crippen LogP contribution is -2.49. The quantitative estimate of drug-likeness (QED) is 0.0451. The largest absolute Gasteiger partial charge is 0.379 e. The second-order valence-electron chi connectivity index (χ2n) is 40.9. The van der Waals surface area contributed by atoms with E-state index in [1.54, 1.807) is 0 Å². The van der Waals surface area contributed by atoms with Crippen molar-refractivity contribution < 1.29 is 43.0 Å². The van der Waals surface area contributed by atoms with Gasteiger partial charge in [-0.1, -0.05) is 287 Å². The van der Waals surface area contributed by atoms with Gasteiger partial charge in [0.15, 0.2) is 40.5 Å². The van der Waals surface area contributed by atoms with E-state index in [1.165, 1.54) is 155 Å². The number of carbonyl (C=O) groups excluding carboxylic acids is 7. The van der Waals surface area contributed by atoms with E-state index in [-0.39, 0.29) is 37.9 Å². The maximum atomic E-state index is 13.0. The molecule has 1 N–H and O–H groups in total. The van der Waals surface area contributed by atoms with Gasteiger partial charge in [-0.25, -0.2) is 0 Å². The molecular formula is C115H161N7O9. The Balaban J connectivity index is 0.000000148. The Labute approximate surface area is 788 Å². The molecule has 10 fully saturated rings. The fraction of sp³-hybridized carbons (Fsp3) is 0.574. The molecule has 3 saturated heterocycles. The van der Waals surface area contributed by atoms with Gasteiger partial charge in [0.1, 0.15) is 0 Å². The lowest BCUT2D eigenvalue weighted by atomic mass is 9.61. The highest BCUT2D eigenvalue weighted by atomic mass is 16.5. The molecule has 0 spiro atoms. The minimum absolute atomic E-state index is 0.156. The smallest absolute Gasteiger partial charge is 0.157 e. The van der Waals surface area contributed by atoms with Gasteiger partial charge in [0, 0.05) is 26.2 Å². The third-order valence-corrected chi connectivity index (χ3v) is 31.2. The van der Waals surface area contributed by atoms with Gasteiger partial charge in [-0.3, -0.25) is 53.2 Å². The molecule has 16 heteroatoms. The van der Waals surface area contributed by atoms with Crippen LogP contribution in [0, 0.1) is 48.5 Å². The Hall–Kier alpha value is -8.13. The van der Waals surface area contributed by atoms with Gasteiger partial charge in [0.05, 0.1) is 110 Å². The first-order valence-corrected chi connectivity index (χ1v) is 50.2. The van der Waals surface area contributed by atoms with Gasteiger partial charge in [-0.15, -0.1) is 0 Å². The van der Waals surface area contributed by atoms with Crippen LogP contribution < -0.4 is 5.32 Å². The Morgan fingerprint density at radius 3 is 0.649 bits per heavy atom. The number of nitrogens with zero attached hydrogens (tertiary/aromatic N) is 6. The Kier molecular flexibility index (Phi) is 38.6. The second kappa shape index (κ2) is 48.9. The fourth-order valence-corrected chi connectivity index (χ4v) is 21.8. The molecule has 7 saturated carbocycles. The highest BCUT2D eigenvalue weighted by Crippen LogP contribution is 2.50. The lowest BCUT2D eigenvalue weighted by molar-refractivity contribution is -0.130. The van der Waals surface area contributed by atoms with E-state index < -0.39 is 0 Å². The van der Waals surface area contributed by atoms with Crippen LogP contribution in [-0.4, -0.2) is 230 Å². The van der Waals surface area contributed by atoms with Gasteiger partial charge in [0.25, 0.3) is 0 Å². The summed E-state index contributed by atoms with van der Waals surface area (Å²) in [5.41, 5.74) is 16.0. The summed E-state index contributed by atoms with van der Waals surface area (Å²) in [6.45, 7) is 33.6. The van der Waals surface area contributed by atoms with E-state index in [1.807, 2.05) is 45.0 Å². The summed E-state index contributed by atoms with van der Waals surface area (Å²) in [4.78, 5) is 102. The number of aryl methyl sites for hydroxylation is 7. The number of hydrogen-bond donors (Lipinski definition) is 1. The van der Waals surface area contributed by atoms with Crippen LogP contribution in [0.25, 0.3) is 0 Å². The van der Waals surface area contributed by atoms with E-state index in [0.717, 1.165) is 169 Å². The average molecular weight is 1790 g/mol. The van der Waals surface area contributed by atoms with Crippen LogP contribution in [0.5, 0.6) is 0 Å². The Morgan fingerprint density at radius 1 is 0.267 bits per heavy atom. The number of likely N-dealkylation sites (tertiary alicyclic amines) is 1. The van der Waals surface area contributed by atoms with Crippen molar-refractivity contribution in [3.8, 4) is 0 Å². The predicted octanol–water partition coefficient (Wildman–Crippen LogP) is 19.5. The van der Waals surface area contributed by atoms with Gasteiger partial charge in [-0.05, 0) is 252 Å². The number of benzene rings is 7. The zero-order valence-corrected chi connectivity index (χ0v) is 82.8. The SMILES string of the molecule is CCN(CC)CC(=O)C1(c2ccc(C)cc2)CCC1.CNCC(=O)C1(c2ccc(C)cc2)CCCC1.Cc1ccc(C2(C(=O)CN(C)C)CCC2)cc1.Cc1ccc(C2(C(=O)CN(C)C)CCCC2)cc1.Cc1ccc(C2(C(=O)CN3CCCC3)CCC2)cc1.Cc1ccc(C2(C(=O)CN3CCOCC3)CCC2)cc1.Cc1ccc(C2(C(=O)CN3CCOCC3)CCCC2)cc1. The fourth-order valence-electron chi connectivity index (χ4n) is 21.8. The first-order valence-electron chi connectivity index (χ1n) is 50.2. The van der Waals surface area contributed by atoms with E-state index in [9.17, 15) is 33.6 Å². The minimum atomic E-state index is -0.230. The predicted molar refractivity (Wildman–Crippen MR) is 535 cm³/mol. The summed E-state index contributed by atoms with van der Waals surface area (Å²) in [6, 6.07) is 59.8. The zero-order valence-electron chi connectivity index (χ0n) is 82.8. The molecule has 16 nitrogen and oxygen atoms in total. The zero-order chi connectivity index (χ0) is 93.8. The molecule has 710 valence electrons. The molecule has 17 rings (SSSR count). The molecule has 3 aliphatic heterocycles. The first-order chi connectivity index (χ1) is 63.0. The molecule has 7 aromatic rings. The number of likely N-dealkylation sites (N-methyl/N-ethyl adjacent to an activating group) is 4. The summed E-state index contributed by atoms with van der Waals surface area (Å²) in [6.07, 6.45) is 28.5.